The van der Waals surface area contributed by atoms with Crippen LogP contribution >= 0.6 is 0 Å². The molecule has 0 N–H and O–H groups in total. The molecule has 0 amide bonds. The normalized spacial score (nSPS) is 29.2. The second-order valence-electron chi connectivity index (χ2n) is 5.76. The number of allylic oxidation sites excluding steroid dienone is 2. The van der Waals surface area contributed by atoms with E-state index < -0.39 is 0 Å². The van der Waals surface area contributed by atoms with Crippen LogP contribution in [0.15, 0.2) is 11.8 Å². The second kappa shape index (κ2) is 4.21. The fraction of sp³-hybridized carbons (Fsp3) is 0.769. The molecule has 3 nitrogen and oxygen atoms in total. The minimum Gasteiger partial charge on any atom is -0.493 e. The van der Waals surface area contributed by atoms with Gasteiger partial charge in [0.15, 0.2) is 5.76 Å². The molecule has 3 heteroatoms. The fourth-order valence-corrected chi connectivity index (χ4v) is 2.34. The molecule has 1 aliphatic rings. The highest BCUT2D eigenvalue weighted by atomic mass is 16.5. The highest BCUT2D eigenvalue weighted by Gasteiger charge is 2.50. The molecule has 1 unspecified atom stereocenters. The molecule has 92 valence electrons. The highest BCUT2D eigenvalue weighted by molar-refractivity contribution is 5.99. The number of ether oxygens (including phenoxy) is 1. The van der Waals surface area contributed by atoms with Gasteiger partial charge in [-0.2, -0.15) is 0 Å². The lowest BCUT2D eigenvalue weighted by atomic mass is 9.59. The Labute approximate surface area is 98.5 Å². The van der Waals surface area contributed by atoms with E-state index in [1.807, 2.05) is 27.1 Å². The van der Waals surface area contributed by atoms with Crippen molar-refractivity contribution in [1.29, 1.82) is 0 Å². The zero-order valence-electron chi connectivity index (χ0n) is 11.3. The zero-order chi connectivity index (χ0) is 12.6. The fourth-order valence-electron chi connectivity index (χ4n) is 2.34. The molecule has 0 spiro atoms. The molecular weight excluding hydrogens is 202 g/mol. The lowest BCUT2D eigenvalue weighted by Crippen LogP contribution is -2.51. The standard InChI is InChI=1S/C13H23NO2/c1-12(2)8-7-10(16-6)11(15)13(12,3)9-14(4)5/h7H,8-9H2,1-6H3. The van der Waals surface area contributed by atoms with Crippen molar-refractivity contribution in [3.63, 3.8) is 0 Å². The van der Waals surface area contributed by atoms with Gasteiger partial charge < -0.3 is 9.64 Å². The Morgan fingerprint density at radius 1 is 1.38 bits per heavy atom. The summed E-state index contributed by atoms with van der Waals surface area (Å²) in [4.78, 5) is 14.5. The molecule has 0 bridgehead atoms. The topological polar surface area (TPSA) is 29.5 Å². The third kappa shape index (κ3) is 2.01. The minimum atomic E-state index is -0.378. The molecule has 16 heavy (non-hydrogen) atoms. The van der Waals surface area contributed by atoms with Crippen LogP contribution in [-0.4, -0.2) is 38.4 Å². The maximum Gasteiger partial charge on any atom is 0.204 e. The van der Waals surface area contributed by atoms with Crippen molar-refractivity contribution >= 4 is 5.78 Å². The Morgan fingerprint density at radius 2 is 1.94 bits per heavy atom. The van der Waals surface area contributed by atoms with Crippen molar-refractivity contribution in [2.45, 2.75) is 27.2 Å². The Kier molecular flexibility index (Phi) is 3.48. The molecule has 0 radical (unpaired) electrons. The van der Waals surface area contributed by atoms with Gasteiger partial charge in [0.25, 0.3) is 0 Å². The average Bonchev–Trinajstić information content (AvgIpc) is 2.15. The van der Waals surface area contributed by atoms with E-state index in [1.54, 1.807) is 7.11 Å². The quantitative estimate of drug-likeness (QED) is 0.736. The van der Waals surface area contributed by atoms with Gasteiger partial charge in [0, 0.05) is 6.54 Å². The third-order valence-corrected chi connectivity index (χ3v) is 3.87. The first-order valence-corrected chi connectivity index (χ1v) is 5.68. The van der Waals surface area contributed by atoms with Gasteiger partial charge in [-0.15, -0.1) is 0 Å². The number of ketones is 1. The van der Waals surface area contributed by atoms with E-state index in [1.165, 1.54) is 0 Å². The van der Waals surface area contributed by atoms with Gasteiger partial charge in [-0.25, -0.2) is 0 Å². The summed E-state index contributed by atoms with van der Waals surface area (Å²) in [5.74, 6) is 0.642. The molecule has 1 aliphatic carbocycles. The van der Waals surface area contributed by atoms with Crippen LogP contribution in [0.5, 0.6) is 0 Å². The van der Waals surface area contributed by atoms with E-state index in [2.05, 4.69) is 18.7 Å². The van der Waals surface area contributed by atoms with Gasteiger partial charge >= 0.3 is 0 Å². The Morgan fingerprint density at radius 3 is 2.38 bits per heavy atom. The lowest BCUT2D eigenvalue weighted by molar-refractivity contribution is -0.136. The van der Waals surface area contributed by atoms with Crippen molar-refractivity contribution in [1.82, 2.24) is 4.90 Å². The van der Waals surface area contributed by atoms with Gasteiger partial charge in [0.2, 0.25) is 5.78 Å². The van der Waals surface area contributed by atoms with Crippen LogP contribution in [0, 0.1) is 10.8 Å². The summed E-state index contributed by atoms with van der Waals surface area (Å²) in [5, 5.41) is 0. The Bertz CT molecular complexity index is 318. The number of hydrogen-bond donors (Lipinski definition) is 0. The summed E-state index contributed by atoms with van der Waals surface area (Å²) in [6.45, 7) is 7.09. The Hall–Kier alpha value is -0.830. The van der Waals surface area contributed by atoms with Crippen LogP contribution in [0.4, 0.5) is 0 Å². The van der Waals surface area contributed by atoms with Crippen LogP contribution in [0.1, 0.15) is 27.2 Å². The Balaban J connectivity index is 3.12. The summed E-state index contributed by atoms with van der Waals surface area (Å²) >= 11 is 0. The van der Waals surface area contributed by atoms with Gasteiger partial charge in [-0.1, -0.05) is 20.8 Å². The van der Waals surface area contributed by atoms with Gasteiger partial charge in [0.05, 0.1) is 12.5 Å². The summed E-state index contributed by atoms with van der Waals surface area (Å²) in [7, 11) is 5.57. The molecule has 0 fully saturated rings. The predicted octanol–water partition coefficient (Wildman–Crippen LogP) is 2.08. The maximum absolute atomic E-state index is 12.4. The van der Waals surface area contributed by atoms with E-state index >= 15 is 0 Å². The number of methoxy groups -OCH3 is 1. The zero-order valence-corrected chi connectivity index (χ0v) is 11.3. The summed E-state index contributed by atoms with van der Waals surface area (Å²) in [6.07, 6.45) is 2.80. The molecule has 0 aromatic carbocycles. The first-order chi connectivity index (χ1) is 7.24. The molecular formula is C13H23NO2. The summed E-state index contributed by atoms with van der Waals surface area (Å²) < 4.78 is 5.17. The highest BCUT2D eigenvalue weighted by Crippen LogP contribution is 2.47. The van der Waals surface area contributed by atoms with Gasteiger partial charge in [-0.05, 0) is 32.0 Å². The lowest BCUT2D eigenvalue weighted by Gasteiger charge is -2.46. The largest absolute Gasteiger partial charge is 0.493 e. The van der Waals surface area contributed by atoms with Crippen molar-refractivity contribution < 1.29 is 9.53 Å². The molecule has 0 aromatic rings. The predicted molar refractivity (Wildman–Crippen MR) is 65.2 cm³/mol. The van der Waals surface area contributed by atoms with Gasteiger partial charge in [-0.3, -0.25) is 4.79 Å². The number of carbonyl (C=O) groups is 1. The number of nitrogens with zero attached hydrogens (tertiary/aromatic N) is 1. The number of hydrogen-bond acceptors (Lipinski definition) is 3. The smallest absolute Gasteiger partial charge is 0.204 e. The molecule has 0 aromatic heterocycles. The van der Waals surface area contributed by atoms with E-state index in [4.69, 9.17) is 4.74 Å². The van der Waals surface area contributed by atoms with E-state index in [-0.39, 0.29) is 16.6 Å². The average molecular weight is 225 g/mol. The van der Waals surface area contributed by atoms with Crippen LogP contribution < -0.4 is 0 Å². The second-order valence-corrected chi connectivity index (χ2v) is 5.76. The van der Waals surface area contributed by atoms with Crippen LogP contribution in [-0.2, 0) is 9.53 Å². The number of carbonyl (C=O) groups excluding carboxylic acids is 1. The van der Waals surface area contributed by atoms with Crippen molar-refractivity contribution in [2.75, 3.05) is 27.7 Å². The van der Waals surface area contributed by atoms with Crippen molar-refractivity contribution in [3.05, 3.63) is 11.8 Å². The first-order valence-electron chi connectivity index (χ1n) is 5.68. The summed E-state index contributed by atoms with van der Waals surface area (Å²) in [5.41, 5.74) is -0.410. The SMILES string of the molecule is COC1=CCC(C)(C)C(C)(CN(C)C)C1=O. The number of Topliss-reactive ketones (excluding diaryl/α,β-unsaturated/α-hetero) is 1. The molecule has 0 saturated heterocycles. The van der Waals surface area contributed by atoms with Crippen molar-refractivity contribution in [2.24, 2.45) is 10.8 Å². The van der Waals surface area contributed by atoms with Crippen LogP contribution in [0.2, 0.25) is 0 Å². The molecule has 1 rings (SSSR count). The summed E-state index contributed by atoms with van der Waals surface area (Å²) in [6, 6.07) is 0. The maximum atomic E-state index is 12.4. The monoisotopic (exact) mass is 225 g/mol. The van der Waals surface area contributed by atoms with E-state index in [9.17, 15) is 4.79 Å². The third-order valence-electron chi connectivity index (χ3n) is 3.87. The van der Waals surface area contributed by atoms with E-state index in [0.717, 1.165) is 13.0 Å². The van der Waals surface area contributed by atoms with E-state index in [0.29, 0.717) is 5.76 Å². The molecule has 0 saturated carbocycles. The first kappa shape index (κ1) is 13.2. The number of rotatable bonds is 3. The molecule has 1 atom stereocenters. The molecule has 0 aliphatic heterocycles. The minimum absolute atomic E-state index is 0.0314. The van der Waals surface area contributed by atoms with Crippen molar-refractivity contribution in [3.8, 4) is 0 Å². The van der Waals surface area contributed by atoms with Crippen LogP contribution in [0.3, 0.4) is 0 Å². The van der Waals surface area contributed by atoms with Crippen LogP contribution in [0.25, 0.3) is 0 Å². The molecule has 0 heterocycles. The van der Waals surface area contributed by atoms with Gasteiger partial charge in [0.1, 0.15) is 0 Å².